The van der Waals surface area contributed by atoms with Gasteiger partial charge in [-0.1, -0.05) is 18.2 Å². The van der Waals surface area contributed by atoms with Crippen LogP contribution in [0.4, 0.5) is 11.6 Å². The highest BCUT2D eigenvalue weighted by atomic mass is 15.3. The number of aromatic nitrogens is 4. The van der Waals surface area contributed by atoms with E-state index in [0.717, 1.165) is 71.0 Å². The van der Waals surface area contributed by atoms with Gasteiger partial charge in [0, 0.05) is 72.4 Å². The van der Waals surface area contributed by atoms with Crippen LogP contribution in [0.2, 0.25) is 0 Å². The van der Waals surface area contributed by atoms with Gasteiger partial charge in [-0.05, 0) is 63.0 Å². The van der Waals surface area contributed by atoms with Crippen LogP contribution in [0, 0.1) is 0 Å². The molecule has 2 radical (unpaired) electrons. The van der Waals surface area contributed by atoms with Crippen LogP contribution in [0.3, 0.4) is 0 Å². The van der Waals surface area contributed by atoms with Crippen molar-refractivity contribution in [1.82, 2.24) is 24.6 Å². The van der Waals surface area contributed by atoms with Crippen LogP contribution in [0.15, 0.2) is 67.3 Å². The molecule has 4 aromatic rings. The Labute approximate surface area is 214 Å². The topological polar surface area (TPSA) is 62.1 Å². The second-order valence-electron chi connectivity index (χ2n) is 9.98. The average Bonchev–Trinajstić information content (AvgIpc) is 3.39. The number of likely N-dealkylation sites (N-methyl/N-ethyl adjacent to an activating group) is 1. The lowest BCUT2D eigenvalue weighted by Crippen LogP contribution is -2.44. The van der Waals surface area contributed by atoms with Crippen molar-refractivity contribution in [2.75, 3.05) is 43.4 Å². The number of benzene rings is 1. The van der Waals surface area contributed by atoms with Crippen LogP contribution >= 0.6 is 0 Å². The van der Waals surface area contributed by atoms with E-state index in [1.165, 1.54) is 0 Å². The summed E-state index contributed by atoms with van der Waals surface area (Å²) in [5.41, 5.74) is 3.67. The van der Waals surface area contributed by atoms with Gasteiger partial charge in [-0.3, -0.25) is 4.68 Å². The Morgan fingerprint density at radius 3 is 2.50 bits per heavy atom. The molecule has 5 rings (SSSR count). The predicted molar refractivity (Wildman–Crippen MR) is 149 cm³/mol. The highest BCUT2D eigenvalue weighted by molar-refractivity contribution is 6.13. The maximum Gasteiger partial charge on any atom is 0.130 e. The Morgan fingerprint density at radius 1 is 0.972 bits per heavy atom. The molecular formula is C28H32BN7. The highest BCUT2D eigenvalue weighted by Crippen LogP contribution is 2.28. The third kappa shape index (κ3) is 5.14. The third-order valence-corrected chi connectivity index (χ3v) is 6.66. The van der Waals surface area contributed by atoms with Crippen LogP contribution in [0.25, 0.3) is 27.6 Å². The van der Waals surface area contributed by atoms with Crippen molar-refractivity contribution >= 4 is 36.0 Å². The molecule has 1 aliphatic heterocycles. The quantitative estimate of drug-likeness (QED) is 0.411. The van der Waals surface area contributed by atoms with Crippen molar-refractivity contribution in [3.05, 3.63) is 72.8 Å². The molecule has 1 aromatic carbocycles. The van der Waals surface area contributed by atoms with Gasteiger partial charge < -0.3 is 15.1 Å². The number of rotatable bonds is 6. The zero-order chi connectivity index (χ0) is 25.3. The van der Waals surface area contributed by atoms with E-state index in [9.17, 15) is 0 Å². The number of piperazine rings is 1. The number of pyridine rings is 2. The summed E-state index contributed by atoms with van der Waals surface area (Å²) in [5.74, 6) is 1.81. The molecule has 1 fully saturated rings. The monoisotopic (exact) mass is 477 g/mol. The molecule has 1 saturated heterocycles. The Hall–Kier alpha value is -3.65. The summed E-state index contributed by atoms with van der Waals surface area (Å²) < 4.78 is 1.79. The summed E-state index contributed by atoms with van der Waals surface area (Å²) in [7, 11) is 8.36. The first kappa shape index (κ1) is 24.1. The lowest BCUT2D eigenvalue weighted by molar-refractivity contribution is 0.312. The standard InChI is InChI=1S/C28H32BN7/c1-5-25(21-8-9-30-27(16-21)35-12-10-34(4)11-13-35)33-26-15-23-14-20(6-7-22(23)17-31-26)24-18-32-36(19-24)28(2,3)29/h5-9,14-19H,10-13H2,1-4H3,(H,31,33)/b25-5+. The summed E-state index contributed by atoms with van der Waals surface area (Å²) in [6.45, 7) is 9.98. The lowest BCUT2D eigenvalue weighted by atomic mass is 9.82. The predicted octanol–water partition coefficient (Wildman–Crippen LogP) is 4.58. The lowest BCUT2D eigenvalue weighted by Gasteiger charge is -2.33. The molecule has 36 heavy (non-hydrogen) atoms. The van der Waals surface area contributed by atoms with Gasteiger partial charge >= 0.3 is 0 Å². The van der Waals surface area contributed by atoms with E-state index >= 15 is 0 Å². The van der Waals surface area contributed by atoms with Gasteiger partial charge in [0.05, 0.1) is 6.20 Å². The Kier molecular flexibility index (Phi) is 6.54. The molecule has 8 heteroatoms. The molecule has 182 valence electrons. The Morgan fingerprint density at radius 2 is 1.78 bits per heavy atom. The maximum atomic E-state index is 6.19. The van der Waals surface area contributed by atoms with E-state index in [-0.39, 0.29) is 0 Å². The van der Waals surface area contributed by atoms with Crippen LogP contribution in [-0.2, 0) is 5.44 Å². The smallest absolute Gasteiger partial charge is 0.130 e. The molecule has 3 aromatic heterocycles. The number of hydrogen-bond acceptors (Lipinski definition) is 6. The van der Waals surface area contributed by atoms with Crippen molar-refractivity contribution in [3.8, 4) is 11.1 Å². The number of nitrogens with zero attached hydrogens (tertiary/aromatic N) is 6. The molecule has 4 heterocycles. The zero-order valence-corrected chi connectivity index (χ0v) is 21.4. The van der Waals surface area contributed by atoms with Gasteiger partial charge in [0.1, 0.15) is 19.5 Å². The normalized spacial score (nSPS) is 15.4. The number of allylic oxidation sites excluding steroid dienone is 1. The fourth-order valence-electron chi connectivity index (χ4n) is 4.42. The summed E-state index contributed by atoms with van der Waals surface area (Å²) in [6.07, 6.45) is 9.71. The van der Waals surface area contributed by atoms with Crippen molar-refractivity contribution in [3.63, 3.8) is 0 Å². The third-order valence-electron chi connectivity index (χ3n) is 6.66. The van der Waals surface area contributed by atoms with Crippen molar-refractivity contribution in [1.29, 1.82) is 0 Å². The Balaban J connectivity index is 1.38. The minimum atomic E-state index is -0.545. The first-order valence-electron chi connectivity index (χ1n) is 12.4. The number of anilines is 2. The van der Waals surface area contributed by atoms with Crippen LogP contribution < -0.4 is 10.2 Å². The second-order valence-corrected chi connectivity index (χ2v) is 9.98. The average molecular weight is 477 g/mol. The van der Waals surface area contributed by atoms with Gasteiger partial charge in [-0.25, -0.2) is 9.97 Å². The molecule has 0 unspecified atom stereocenters. The van der Waals surface area contributed by atoms with Crippen LogP contribution in [0.1, 0.15) is 26.3 Å². The van der Waals surface area contributed by atoms with E-state index in [1.54, 1.807) is 4.68 Å². The van der Waals surface area contributed by atoms with Gasteiger partial charge in [0.15, 0.2) is 0 Å². The second kappa shape index (κ2) is 9.78. The summed E-state index contributed by atoms with van der Waals surface area (Å²) in [5, 5.41) is 10.1. The Bertz CT molecular complexity index is 1390. The van der Waals surface area contributed by atoms with Gasteiger partial charge in [0.25, 0.3) is 0 Å². The van der Waals surface area contributed by atoms with Crippen LogP contribution in [-0.4, -0.2) is 65.7 Å². The largest absolute Gasteiger partial charge is 0.354 e. The highest BCUT2D eigenvalue weighted by Gasteiger charge is 2.17. The molecule has 0 saturated carbocycles. The molecule has 0 bridgehead atoms. The molecular weight excluding hydrogens is 445 g/mol. The van der Waals surface area contributed by atoms with E-state index in [0.29, 0.717) is 0 Å². The van der Waals surface area contributed by atoms with E-state index < -0.39 is 5.44 Å². The molecule has 0 aliphatic carbocycles. The maximum absolute atomic E-state index is 6.19. The van der Waals surface area contributed by atoms with Gasteiger partial charge in [-0.2, -0.15) is 5.10 Å². The van der Waals surface area contributed by atoms with E-state index in [4.69, 9.17) is 7.85 Å². The molecule has 0 spiro atoms. The molecule has 1 N–H and O–H groups in total. The fraction of sp³-hybridized carbons (Fsp3) is 0.321. The molecule has 0 amide bonds. The zero-order valence-electron chi connectivity index (χ0n) is 21.4. The molecule has 1 aliphatic rings. The SMILES string of the molecule is [B]C(C)(C)n1cc(-c2ccc3cnc(N/C(=C/C)c4ccnc(N5CCN(C)CC5)c4)cc3c2)cn1. The minimum Gasteiger partial charge on any atom is -0.354 e. The van der Waals surface area contributed by atoms with E-state index in [1.807, 2.05) is 51.6 Å². The fourth-order valence-corrected chi connectivity index (χ4v) is 4.42. The van der Waals surface area contributed by atoms with Crippen molar-refractivity contribution in [2.24, 2.45) is 0 Å². The van der Waals surface area contributed by atoms with Gasteiger partial charge in [0.2, 0.25) is 0 Å². The number of nitrogens with one attached hydrogen (secondary N) is 1. The van der Waals surface area contributed by atoms with Crippen molar-refractivity contribution < 1.29 is 0 Å². The van der Waals surface area contributed by atoms with E-state index in [2.05, 4.69) is 73.6 Å². The minimum absolute atomic E-state index is 0.545. The first-order valence-corrected chi connectivity index (χ1v) is 12.4. The number of fused-ring (bicyclic) bond motifs is 1. The number of hydrogen-bond donors (Lipinski definition) is 1. The molecule has 0 atom stereocenters. The van der Waals surface area contributed by atoms with Crippen molar-refractivity contribution in [2.45, 2.75) is 26.2 Å². The summed E-state index contributed by atoms with van der Waals surface area (Å²) >= 11 is 0. The molecule has 7 nitrogen and oxygen atoms in total. The summed E-state index contributed by atoms with van der Waals surface area (Å²) in [6, 6.07) is 12.6. The van der Waals surface area contributed by atoms with Crippen LogP contribution in [0.5, 0.6) is 0 Å². The van der Waals surface area contributed by atoms with Gasteiger partial charge in [-0.15, -0.1) is 0 Å². The summed E-state index contributed by atoms with van der Waals surface area (Å²) in [4.78, 5) is 14.0. The first-order chi connectivity index (χ1) is 17.3.